The molecule has 4 rings (SSSR count). The predicted octanol–water partition coefficient (Wildman–Crippen LogP) is 3.89. The maximum Gasteiger partial charge on any atom is 0.408 e. The van der Waals surface area contributed by atoms with E-state index in [1.54, 1.807) is 12.1 Å². The van der Waals surface area contributed by atoms with Crippen molar-refractivity contribution >= 4 is 23.9 Å². The highest BCUT2D eigenvalue weighted by molar-refractivity contribution is 7.98. The van der Waals surface area contributed by atoms with Crippen molar-refractivity contribution in [3.8, 4) is 11.1 Å². The Hall–Kier alpha value is -2.54. The van der Waals surface area contributed by atoms with Gasteiger partial charge >= 0.3 is 6.09 Å². The molecule has 2 aromatic carbocycles. The van der Waals surface area contributed by atoms with Gasteiger partial charge in [0.25, 0.3) is 0 Å². The summed E-state index contributed by atoms with van der Waals surface area (Å²) in [5.41, 5.74) is 1.90. The van der Waals surface area contributed by atoms with Gasteiger partial charge in [0.05, 0.1) is 0 Å². The minimum Gasteiger partial charge on any atom is -0.465 e. The Morgan fingerprint density at radius 3 is 2.69 bits per heavy atom. The average Bonchev–Trinajstić information content (AvgIpc) is 2.67. The molecule has 134 valence electrons. The Kier molecular flexibility index (Phi) is 4.55. The summed E-state index contributed by atoms with van der Waals surface area (Å²) in [4.78, 5) is 15.2. The summed E-state index contributed by atoms with van der Waals surface area (Å²) in [6.45, 7) is 1.83. The molecule has 2 aromatic rings. The first kappa shape index (κ1) is 16.9. The van der Waals surface area contributed by atoms with E-state index in [4.69, 9.17) is 0 Å². The first-order valence-electron chi connectivity index (χ1n) is 8.44. The molecular weight excluding hydrogens is 353 g/mol. The zero-order valence-electron chi connectivity index (χ0n) is 14.0. The Labute approximate surface area is 155 Å². The third kappa shape index (κ3) is 3.03. The number of halogens is 1. The van der Waals surface area contributed by atoms with Gasteiger partial charge < -0.3 is 10.0 Å². The smallest absolute Gasteiger partial charge is 0.408 e. The maximum atomic E-state index is 14.8. The van der Waals surface area contributed by atoms with Crippen molar-refractivity contribution in [1.29, 1.82) is 0 Å². The number of amidine groups is 1. The number of nitrogens with zero attached hydrogens (tertiary/aromatic N) is 3. The van der Waals surface area contributed by atoms with E-state index in [9.17, 15) is 14.3 Å². The quantitative estimate of drug-likeness (QED) is 0.814. The van der Waals surface area contributed by atoms with Crippen LogP contribution in [0.25, 0.3) is 11.1 Å². The molecule has 1 atom stereocenters. The third-order valence-corrected chi connectivity index (χ3v) is 5.42. The van der Waals surface area contributed by atoms with Crippen molar-refractivity contribution in [2.24, 2.45) is 4.40 Å². The van der Waals surface area contributed by atoms with Crippen LogP contribution in [-0.2, 0) is 0 Å². The summed E-state index contributed by atoms with van der Waals surface area (Å²) in [6, 6.07) is 13.7. The van der Waals surface area contributed by atoms with Crippen LogP contribution in [0.3, 0.4) is 0 Å². The Morgan fingerprint density at radius 1 is 1.15 bits per heavy atom. The van der Waals surface area contributed by atoms with Gasteiger partial charge in [0.2, 0.25) is 0 Å². The van der Waals surface area contributed by atoms with Gasteiger partial charge in [-0.3, -0.25) is 4.90 Å². The molecule has 0 spiro atoms. The lowest BCUT2D eigenvalue weighted by Gasteiger charge is -2.43. The second-order valence-corrected chi connectivity index (χ2v) is 7.10. The summed E-state index contributed by atoms with van der Waals surface area (Å²) >= 11 is 1.43. The van der Waals surface area contributed by atoms with E-state index in [1.165, 1.54) is 22.9 Å². The summed E-state index contributed by atoms with van der Waals surface area (Å²) in [5.74, 6) is 1.21. The molecule has 1 N–H and O–H groups in total. The fourth-order valence-corrected chi connectivity index (χ4v) is 4.21. The van der Waals surface area contributed by atoms with Gasteiger partial charge in [0.1, 0.15) is 17.7 Å². The molecule has 0 aliphatic carbocycles. The molecule has 2 heterocycles. The molecule has 26 heavy (non-hydrogen) atoms. The van der Waals surface area contributed by atoms with E-state index in [0.29, 0.717) is 30.1 Å². The van der Waals surface area contributed by atoms with Crippen LogP contribution < -0.4 is 0 Å². The van der Waals surface area contributed by atoms with Gasteiger partial charge in [0, 0.05) is 31.0 Å². The first-order valence-corrected chi connectivity index (χ1v) is 9.38. The zero-order chi connectivity index (χ0) is 18.1. The Morgan fingerprint density at radius 2 is 1.96 bits per heavy atom. The van der Waals surface area contributed by atoms with Crippen molar-refractivity contribution in [3.63, 3.8) is 0 Å². The minimum absolute atomic E-state index is 0.361. The molecule has 1 fully saturated rings. The fourth-order valence-electron chi connectivity index (χ4n) is 3.47. The number of hydrogen-bond acceptors (Lipinski definition) is 4. The lowest BCUT2D eigenvalue weighted by molar-refractivity contribution is 0.120. The second kappa shape index (κ2) is 6.99. The molecule has 1 amide bonds. The normalized spacial score (nSPS) is 19.7. The molecule has 0 radical (unpaired) electrons. The van der Waals surface area contributed by atoms with Gasteiger partial charge in [0.15, 0.2) is 0 Å². The van der Waals surface area contributed by atoms with E-state index in [2.05, 4.69) is 9.30 Å². The van der Waals surface area contributed by atoms with E-state index in [0.717, 1.165) is 17.9 Å². The van der Waals surface area contributed by atoms with Crippen LogP contribution in [0.5, 0.6) is 0 Å². The molecule has 1 saturated heterocycles. The van der Waals surface area contributed by atoms with Crippen LogP contribution in [0.1, 0.15) is 11.6 Å². The molecule has 5 nitrogen and oxygen atoms in total. The highest BCUT2D eigenvalue weighted by Crippen LogP contribution is 2.33. The highest BCUT2D eigenvalue weighted by Gasteiger charge is 2.38. The first-order chi connectivity index (χ1) is 12.6. The van der Waals surface area contributed by atoms with Crippen LogP contribution in [0, 0.1) is 5.82 Å². The summed E-state index contributed by atoms with van der Waals surface area (Å²) in [7, 11) is 0. The van der Waals surface area contributed by atoms with Gasteiger partial charge in [-0.15, -0.1) is 0 Å². The summed E-state index contributed by atoms with van der Waals surface area (Å²) in [6.07, 6.45) is -1.01. The van der Waals surface area contributed by atoms with Gasteiger partial charge in [-0.05, 0) is 29.1 Å². The topological polar surface area (TPSA) is 56.1 Å². The Bertz CT molecular complexity index is 859. The van der Waals surface area contributed by atoms with Gasteiger partial charge in [-0.1, -0.05) is 42.5 Å². The number of hydrogen-bond donors (Lipinski definition) is 1. The van der Waals surface area contributed by atoms with Crippen LogP contribution in [0.15, 0.2) is 52.9 Å². The van der Waals surface area contributed by atoms with Crippen molar-refractivity contribution in [1.82, 2.24) is 9.80 Å². The molecular formula is C19H18FN3O2S. The van der Waals surface area contributed by atoms with E-state index >= 15 is 0 Å². The van der Waals surface area contributed by atoms with Crippen LogP contribution in [0.4, 0.5) is 9.18 Å². The fraction of sp³-hybridized carbons (Fsp3) is 0.263. The standard InChI is InChI=1S/C19H18FN3O2S/c20-16-12-14(6-7-15(16)13-4-2-1-3-5-13)17-18-21-26-11-10-22(18)8-9-23(17)19(24)25/h1-7,12,17H,8-11H2,(H,24,25). The molecule has 0 aromatic heterocycles. The van der Waals surface area contributed by atoms with Crippen molar-refractivity contribution in [2.75, 3.05) is 25.4 Å². The Balaban J connectivity index is 1.75. The average molecular weight is 371 g/mol. The second-order valence-electron chi connectivity index (χ2n) is 6.25. The van der Waals surface area contributed by atoms with E-state index in [1.807, 2.05) is 30.3 Å². The number of carbonyl (C=O) groups is 1. The predicted molar refractivity (Wildman–Crippen MR) is 101 cm³/mol. The highest BCUT2D eigenvalue weighted by atomic mass is 32.2. The maximum absolute atomic E-state index is 14.8. The SMILES string of the molecule is O=C(O)N1CCN2CCSN=C2C1c1ccc(-c2ccccc2)c(F)c1. The van der Waals surface area contributed by atoms with E-state index in [-0.39, 0.29) is 5.82 Å². The number of benzene rings is 2. The monoisotopic (exact) mass is 371 g/mol. The van der Waals surface area contributed by atoms with Crippen LogP contribution in [0.2, 0.25) is 0 Å². The number of carboxylic acid groups (broad SMARTS) is 1. The zero-order valence-corrected chi connectivity index (χ0v) is 14.8. The molecule has 2 aliphatic rings. The number of piperazine rings is 1. The molecule has 2 aliphatic heterocycles. The number of amides is 1. The summed E-state index contributed by atoms with van der Waals surface area (Å²) in [5, 5.41) is 9.61. The number of rotatable bonds is 2. The summed E-state index contributed by atoms with van der Waals surface area (Å²) < 4.78 is 19.3. The molecule has 7 heteroatoms. The van der Waals surface area contributed by atoms with Gasteiger partial charge in [-0.2, -0.15) is 0 Å². The van der Waals surface area contributed by atoms with Crippen LogP contribution in [-0.4, -0.2) is 52.2 Å². The molecule has 0 bridgehead atoms. The lowest BCUT2D eigenvalue weighted by Crippen LogP contribution is -2.55. The van der Waals surface area contributed by atoms with Crippen molar-refractivity contribution in [2.45, 2.75) is 6.04 Å². The number of fused-ring (bicyclic) bond motifs is 1. The minimum atomic E-state index is -1.01. The van der Waals surface area contributed by atoms with Crippen LogP contribution >= 0.6 is 11.9 Å². The van der Waals surface area contributed by atoms with Crippen molar-refractivity contribution < 1.29 is 14.3 Å². The largest absolute Gasteiger partial charge is 0.465 e. The molecule has 0 saturated carbocycles. The van der Waals surface area contributed by atoms with Crippen molar-refractivity contribution in [3.05, 3.63) is 59.9 Å². The van der Waals surface area contributed by atoms with E-state index < -0.39 is 12.1 Å². The molecule has 1 unspecified atom stereocenters. The lowest BCUT2D eigenvalue weighted by atomic mass is 9.97. The van der Waals surface area contributed by atoms with Gasteiger partial charge in [-0.25, -0.2) is 13.6 Å². The third-order valence-electron chi connectivity index (χ3n) is 4.74.